The summed E-state index contributed by atoms with van der Waals surface area (Å²) in [6.45, 7) is 1.31. The van der Waals surface area contributed by atoms with Crippen molar-refractivity contribution in [3.05, 3.63) is 54.1 Å². The van der Waals surface area contributed by atoms with E-state index in [1.807, 2.05) is 4.90 Å². The van der Waals surface area contributed by atoms with E-state index in [4.69, 9.17) is 5.73 Å². The van der Waals surface area contributed by atoms with Crippen LogP contribution in [0.4, 0.5) is 8.78 Å². The van der Waals surface area contributed by atoms with Crippen molar-refractivity contribution >= 4 is 15.9 Å². The third-order valence-corrected chi connectivity index (χ3v) is 8.05. The number of nitrogens with zero attached hydrogens (tertiary/aromatic N) is 2. The summed E-state index contributed by atoms with van der Waals surface area (Å²) < 4.78 is 54.4. The number of sulfonamides is 1. The van der Waals surface area contributed by atoms with Crippen molar-refractivity contribution in [1.82, 2.24) is 9.21 Å². The number of benzene rings is 2. The van der Waals surface area contributed by atoms with Gasteiger partial charge >= 0.3 is 0 Å². The molecule has 4 rings (SSSR count). The zero-order chi connectivity index (χ0) is 22.2. The lowest BCUT2D eigenvalue weighted by Crippen LogP contribution is -2.46. The number of carbonyl (C=O) groups is 1. The van der Waals surface area contributed by atoms with E-state index in [1.165, 1.54) is 4.31 Å². The summed E-state index contributed by atoms with van der Waals surface area (Å²) in [7, 11) is -3.65. The van der Waals surface area contributed by atoms with E-state index < -0.39 is 21.9 Å². The smallest absolute Gasteiger partial charge is 0.250 e. The lowest BCUT2D eigenvalue weighted by molar-refractivity contribution is -0.0618. The fourth-order valence-corrected chi connectivity index (χ4v) is 5.73. The number of hydrogen-bond donors (Lipinski definition) is 1. The molecule has 2 aromatic rings. The number of likely N-dealkylation sites (tertiary alicyclic amines) is 1. The van der Waals surface area contributed by atoms with Gasteiger partial charge in [-0.1, -0.05) is 24.3 Å². The highest BCUT2D eigenvalue weighted by Crippen LogP contribution is 2.32. The molecule has 9 heteroatoms. The maximum absolute atomic E-state index is 13.4. The summed E-state index contributed by atoms with van der Waals surface area (Å²) in [4.78, 5) is 13.4. The Balaban J connectivity index is 1.44. The van der Waals surface area contributed by atoms with Gasteiger partial charge < -0.3 is 5.73 Å². The van der Waals surface area contributed by atoms with E-state index >= 15 is 0 Å². The minimum Gasteiger partial charge on any atom is -0.366 e. The summed E-state index contributed by atoms with van der Waals surface area (Å²) in [5.41, 5.74) is 7.33. The summed E-state index contributed by atoms with van der Waals surface area (Å²) in [6, 6.07) is 13.4. The quantitative estimate of drug-likeness (QED) is 0.761. The van der Waals surface area contributed by atoms with Crippen LogP contribution in [0.25, 0.3) is 11.1 Å². The number of nitrogens with two attached hydrogens (primary N) is 1. The standard InChI is InChI=1S/C22H25F2N3O3S/c23-22(24)10-13-26(14-11-22)19-9-12-27(15-19)31(29,30)20-7-5-17(6-8-20)16-1-3-18(4-2-16)21(25)28/h1-8,19H,9-15H2,(H2,25,28). The van der Waals surface area contributed by atoms with Gasteiger partial charge in [-0.25, -0.2) is 17.2 Å². The van der Waals surface area contributed by atoms with Crippen molar-refractivity contribution < 1.29 is 22.0 Å². The van der Waals surface area contributed by atoms with Gasteiger partial charge in [0.15, 0.2) is 0 Å². The zero-order valence-electron chi connectivity index (χ0n) is 17.0. The largest absolute Gasteiger partial charge is 0.366 e. The summed E-state index contributed by atoms with van der Waals surface area (Å²) in [5, 5.41) is 0. The Morgan fingerprint density at radius 2 is 1.48 bits per heavy atom. The third kappa shape index (κ3) is 4.63. The summed E-state index contributed by atoms with van der Waals surface area (Å²) >= 11 is 0. The number of hydrogen-bond acceptors (Lipinski definition) is 4. The second-order valence-corrected chi connectivity index (χ2v) is 10.1. The Morgan fingerprint density at radius 1 is 0.935 bits per heavy atom. The first-order chi connectivity index (χ1) is 14.7. The monoisotopic (exact) mass is 449 g/mol. The number of alkyl halides is 2. The van der Waals surface area contributed by atoms with Crippen LogP contribution in [0.3, 0.4) is 0 Å². The molecule has 0 spiro atoms. The van der Waals surface area contributed by atoms with E-state index in [1.54, 1.807) is 48.5 Å². The number of halogens is 2. The fourth-order valence-electron chi connectivity index (χ4n) is 4.24. The van der Waals surface area contributed by atoms with Gasteiger partial charge in [-0.2, -0.15) is 4.31 Å². The number of primary amides is 1. The van der Waals surface area contributed by atoms with Gasteiger partial charge in [0.1, 0.15) is 0 Å². The van der Waals surface area contributed by atoms with Crippen LogP contribution in [0.1, 0.15) is 29.6 Å². The molecule has 1 atom stereocenters. The molecule has 0 aliphatic carbocycles. The molecule has 2 N–H and O–H groups in total. The van der Waals surface area contributed by atoms with Crippen molar-refractivity contribution in [3.63, 3.8) is 0 Å². The Hall–Kier alpha value is -2.36. The maximum Gasteiger partial charge on any atom is 0.250 e. The predicted octanol–water partition coefficient (Wildman–Crippen LogP) is 2.95. The highest BCUT2D eigenvalue weighted by molar-refractivity contribution is 7.89. The first-order valence-electron chi connectivity index (χ1n) is 10.3. The van der Waals surface area contributed by atoms with Crippen LogP contribution in [0.15, 0.2) is 53.4 Å². The summed E-state index contributed by atoms with van der Waals surface area (Å²) in [5.74, 6) is -3.11. The van der Waals surface area contributed by atoms with Crippen molar-refractivity contribution in [2.45, 2.75) is 36.1 Å². The average Bonchev–Trinajstić information content (AvgIpc) is 3.25. The summed E-state index contributed by atoms with van der Waals surface area (Å²) in [6.07, 6.45) is 0.311. The van der Waals surface area contributed by atoms with Crippen molar-refractivity contribution in [1.29, 1.82) is 0 Å². The molecule has 6 nitrogen and oxygen atoms in total. The van der Waals surface area contributed by atoms with Gasteiger partial charge in [0.25, 0.3) is 5.92 Å². The van der Waals surface area contributed by atoms with Gasteiger partial charge in [-0.15, -0.1) is 0 Å². The minimum absolute atomic E-state index is 0.0195. The van der Waals surface area contributed by atoms with Crippen LogP contribution >= 0.6 is 0 Å². The van der Waals surface area contributed by atoms with Crippen molar-refractivity contribution in [2.24, 2.45) is 5.73 Å². The SMILES string of the molecule is NC(=O)c1ccc(-c2ccc(S(=O)(=O)N3CCC(N4CCC(F)(F)CC4)C3)cc2)cc1. The molecule has 166 valence electrons. The van der Waals surface area contributed by atoms with Crippen LogP contribution in [-0.2, 0) is 10.0 Å². The molecular weight excluding hydrogens is 424 g/mol. The molecule has 2 heterocycles. The second kappa shape index (κ2) is 8.29. The average molecular weight is 450 g/mol. The first-order valence-corrected chi connectivity index (χ1v) is 11.7. The number of carbonyl (C=O) groups excluding carboxylic acids is 1. The van der Waals surface area contributed by atoms with E-state index in [-0.39, 0.29) is 23.8 Å². The molecule has 2 aliphatic rings. The highest BCUT2D eigenvalue weighted by Gasteiger charge is 2.40. The van der Waals surface area contributed by atoms with E-state index in [9.17, 15) is 22.0 Å². The molecule has 2 aliphatic heterocycles. The Labute approximate surface area is 180 Å². The predicted molar refractivity (Wildman–Crippen MR) is 113 cm³/mol. The first kappa shape index (κ1) is 21.9. The molecule has 2 saturated heterocycles. The molecule has 0 saturated carbocycles. The maximum atomic E-state index is 13.4. The molecule has 1 unspecified atom stereocenters. The van der Waals surface area contributed by atoms with Gasteiger partial charge in [-0.05, 0) is 41.8 Å². The highest BCUT2D eigenvalue weighted by atomic mass is 32.2. The molecule has 2 aromatic carbocycles. The number of piperidine rings is 1. The number of amides is 1. The Bertz CT molecular complexity index is 1050. The van der Waals surface area contributed by atoms with Crippen LogP contribution in [-0.4, -0.2) is 61.7 Å². The van der Waals surface area contributed by atoms with E-state index in [0.29, 0.717) is 38.2 Å². The van der Waals surface area contributed by atoms with E-state index in [0.717, 1.165) is 11.1 Å². The van der Waals surface area contributed by atoms with Crippen LogP contribution in [0.5, 0.6) is 0 Å². The molecule has 31 heavy (non-hydrogen) atoms. The lowest BCUT2D eigenvalue weighted by atomic mass is 10.0. The van der Waals surface area contributed by atoms with Crippen LogP contribution < -0.4 is 5.73 Å². The van der Waals surface area contributed by atoms with Crippen LogP contribution in [0.2, 0.25) is 0 Å². The van der Waals surface area contributed by atoms with Gasteiger partial charge in [0, 0.05) is 50.6 Å². The lowest BCUT2D eigenvalue weighted by Gasteiger charge is -2.35. The number of rotatable bonds is 5. The second-order valence-electron chi connectivity index (χ2n) is 8.16. The van der Waals surface area contributed by atoms with Crippen molar-refractivity contribution in [2.75, 3.05) is 26.2 Å². The minimum atomic E-state index is -3.65. The van der Waals surface area contributed by atoms with Gasteiger partial charge in [0.05, 0.1) is 4.90 Å². The molecular formula is C22H25F2N3O3S. The fraction of sp³-hybridized carbons (Fsp3) is 0.409. The van der Waals surface area contributed by atoms with Gasteiger partial charge in [-0.3, -0.25) is 9.69 Å². The molecule has 0 radical (unpaired) electrons. The Morgan fingerprint density at radius 3 is 2.03 bits per heavy atom. The Kier molecular flexibility index (Phi) is 5.85. The zero-order valence-corrected chi connectivity index (χ0v) is 17.8. The van der Waals surface area contributed by atoms with Gasteiger partial charge in [0.2, 0.25) is 15.9 Å². The normalized spacial score (nSPS) is 22.5. The van der Waals surface area contributed by atoms with Crippen molar-refractivity contribution in [3.8, 4) is 11.1 Å². The molecule has 0 aromatic heterocycles. The molecule has 1 amide bonds. The van der Waals surface area contributed by atoms with Crippen LogP contribution in [0, 0.1) is 0 Å². The third-order valence-electron chi connectivity index (χ3n) is 6.17. The topological polar surface area (TPSA) is 83.7 Å². The molecule has 2 fully saturated rings. The van der Waals surface area contributed by atoms with E-state index in [2.05, 4.69) is 0 Å². The molecule has 0 bridgehead atoms.